The van der Waals surface area contributed by atoms with E-state index in [2.05, 4.69) is 37.1 Å². The molecule has 9 nitrogen and oxygen atoms in total. The molecule has 1 atom stereocenters. The van der Waals surface area contributed by atoms with Crippen LogP contribution >= 0.6 is 0 Å². The molecule has 186 valence electrons. The van der Waals surface area contributed by atoms with Gasteiger partial charge in [0.05, 0.1) is 48.5 Å². The molecule has 36 heavy (non-hydrogen) atoms. The number of methoxy groups -OCH3 is 1. The number of allylic oxidation sites excluding steroid dienone is 2. The van der Waals surface area contributed by atoms with Crippen molar-refractivity contribution < 1.29 is 19.0 Å². The highest BCUT2D eigenvalue weighted by atomic mass is 19.1. The minimum Gasteiger partial charge on any atom is -0.491 e. The van der Waals surface area contributed by atoms with Gasteiger partial charge >= 0.3 is 5.97 Å². The Bertz CT molecular complexity index is 1460. The van der Waals surface area contributed by atoms with Gasteiger partial charge in [0.15, 0.2) is 5.82 Å². The molecule has 0 spiro atoms. The van der Waals surface area contributed by atoms with E-state index < -0.39 is 11.7 Å². The summed E-state index contributed by atoms with van der Waals surface area (Å²) in [4.78, 5) is 29.3. The summed E-state index contributed by atoms with van der Waals surface area (Å²) in [6.45, 7) is 3.46. The molecular formula is C26H27FN6O3. The number of aromatic nitrogens is 6. The molecule has 0 bridgehead atoms. The number of nitrogens with zero attached hydrogens (tertiary/aromatic N) is 6. The molecule has 0 aliphatic heterocycles. The van der Waals surface area contributed by atoms with Crippen molar-refractivity contribution >= 4 is 22.6 Å². The van der Waals surface area contributed by atoms with Crippen molar-refractivity contribution in [1.29, 1.82) is 0 Å². The summed E-state index contributed by atoms with van der Waals surface area (Å²) >= 11 is 0. The lowest BCUT2D eigenvalue weighted by molar-refractivity contribution is 0.0601. The van der Waals surface area contributed by atoms with Gasteiger partial charge in [0, 0.05) is 19.2 Å². The van der Waals surface area contributed by atoms with Crippen LogP contribution in [0.2, 0.25) is 0 Å². The molecule has 1 N–H and O–H groups in total. The van der Waals surface area contributed by atoms with Gasteiger partial charge in [0.2, 0.25) is 5.82 Å². The second-order valence-corrected chi connectivity index (χ2v) is 8.92. The third-order valence-electron chi connectivity index (χ3n) is 6.71. The van der Waals surface area contributed by atoms with Gasteiger partial charge in [0.25, 0.3) is 5.88 Å². The second-order valence-electron chi connectivity index (χ2n) is 8.92. The van der Waals surface area contributed by atoms with Crippen LogP contribution in [-0.4, -0.2) is 47.3 Å². The van der Waals surface area contributed by atoms with Gasteiger partial charge in [-0.3, -0.25) is 0 Å². The number of fused-ring (bicyclic) bond motifs is 1. The van der Waals surface area contributed by atoms with Crippen LogP contribution in [0.25, 0.3) is 16.6 Å². The number of carbonyl (C=O) groups excluding carboxylic acids is 1. The Balaban J connectivity index is 1.44. The fourth-order valence-electron chi connectivity index (χ4n) is 4.72. The van der Waals surface area contributed by atoms with Crippen LogP contribution < -0.4 is 0 Å². The SMILES string of the molecule is CCn1cncc1Cn1c(CC2CC=C(c3ncc(F)c(O)n3)CC2)nc2ccc(C(=O)OC)cc21. The molecule has 5 rings (SSSR count). The Morgan fingerprint density at radius 1 is 1.28 bits per heavy atom. The van der Waals surface area contributed by atoms with Crippen LogP contribution in [0.4, 0.5) is 4.39 Å². The molecule has 1 unspecified atom stereocenters. The maximum absolute atomic E-state index is 13.3. The lowest BCUT2D eigenvalue weighted by Gasteiger charge is -2.22. The molecular weight excluding hydrogens is 463 g/mol. The normalized spacial score (nSPS) is 15.8. The zero-order valence-electron chi connectivity index (χ0n) is 20.2. The zero-order valence-corrected chi connectivity index (χ0v) is 20.2. The van der Waals surface area contributed by atoms with Crippen LogP contribution in [-0.2, 0) is 24.2 Å². The van der Waals surface area contributed by atoms with Crippen molar-refractivity contribution in [1.82, 2.24) is 29.1 Å². The van der Waals surface area contributed by atoms with E-state index in [-0.39, 0.29) is 5.97 Å². The molecule has 10 heteroatoms. The predicted octanol–water partition coefficient (Wildman–Crippen LogP) is 4.15. The minimum absolute atomic E-state index is 0.342. The molecule has 1 aliphatic carbocycles. The van der Waals surface area contributed by atoms with E-state index in [9.17, 15) is 14.3 Å². The summed E-state index contributed by atoms with van der Waals surface area (Å²) in [5.41, 5.74) is 4.14. The monoisotopic (exact) mass is 490 g/mol. The van der Waals surface area contributed by atoms with Crippen molar-refractivity contribution in [3.05, 3.63) is 71.7 Å². The smallest absolute Gasteiger partial charge is 0.337 e. The summed E-state index contributed by atoms with van der Waals surface area (Å²) in [6.07, 6.45) is 9.89. The highest BCUT2D eigenvalue weighted by Crippen LogP contribution is 2.32. The van der Waals surface area contributed by atoms with Gasteiger partial charge in [-0.2, -0.15) is 9.37 Å². The zero-order chi connectivity index (χ0) is 25.2. The largest absolute Gasteiger partial charge is 0.491 e. The van der Waals surface area contributed by atoms with Crippen LogP contribution in [0, 0.1) is 11.7 Å². The number of aromatic hydroxyl groups is 1. The van der Waals surface area contributed by atoms with Gasteiger partial charge in [-0.15, -0.1) is 0 Å². The molecule has 0 saturated carbocycles. The first-order valence-corrected chi connectivity index (χ1v) is 11.9. The first-order chi connectivity index (χ1) is 17.5. The number of aryl methyl sites for hydroxylation is 1. The number of rotatable bonds is 7. The molecule has 0 fully saturated rings. The number of esters is 1. The van der Waals surface area contributed by atoms with Crippen LogP contribution in [0.1, 0.15) is 53.9 Å². The number of halogens is 1. The maximum atomic E-state index is 13.3. The van der Waals surface area contributed by atoms with Gasteiger partial charge < -0.3 is 19.0 Å². The van der Waals surface area contributed by atoms with Gasteiger partial charge in [0.1, 0.15) is 5.82 Å². The first kappa shape index (κ1) is 23.7. The fraction of sp³-hybridized carbons (Fsp3) is 0.346. The van der Waals surface area contributed by atoms with E-state index in [1.54, 1.807) is 6.07 Å². The quantitative estimate of drug-likeness (QED) is 0.388. The standard InChI is InChI=1S/C26H27FN6O3/c1-3-32-15-28-12-19(32)14-33-22-11-18(26(35)36-2)8-9-21(22)30-23(33)10-16-4-6-17(7-5-16)24-29-13-20(27)25(34)31-24/h6,8-9,11-13,15-16H,3-5,7,10,14H2,1-2H3,(H,29,31,34). The number of hydrogen-bond donors (Lipinski definition) is 1. The highest BCUT2D eigenvalue weighted by Gasteiger charge is 2.22. The Labute approximate surface area is 207 Å². The summed E-state index contributed by atoms with van der Waals surface area (Å²) in [7, 11) is 1.37. The van der Waals surface area contributed by atoms with E-state index in [0.717, 1.165) is 66.5 Å². The lowest BCUT2D eigenvalue weighted by Crippen LogP contribution is -2.15. The van der Waals surface area contributed by atoms with Crippen molar-refractivity contribution in [2.24, 2.45) is 5.92 Å². The van der Waals surface area contributed by atoms with Crippen molar-refractivity contribution in [2.45, 2.75) is 45.7 Å². The lowest BCUT2D eigenvalue weighted by atomic mass is 9.87. The van der Waals surface area contributed by atoms with Crippen molar-refractivity contribution in [3.8, 4) is 5.88 Å². The molecule has 3 heterocycles. The van der Waals surface area contributed by atoms with E-state index >= 15 is 0 Å². The molecule has 4 aromatic rings. The topological polar surface area (TPSA) is 108 Å². The average molecular weight is 491 g/mol. The molecule has 1 aliphatic rings. The Hall–Kier alpha value is -4.08. The third kappa shape index (κ3) is 4.58. The predicted molar refractivity (Wildman–Crippen MR) is 131 cm³/mol. The summed E-state index contributed by atoms with van der Waals surface area (Å²) in [5.74, 6) is -0.199. The number of imidazole rings is 2. The number of benzene rings is 1. The molecule has 3 aromatic heterocycles. The summed E-state index contributed by atoms with van der Waals surface area (Å²) in [5, 5.41) is 9.59. The van der Waals surface area contributed by atoms with Gasteiger partial charge in [-0.05, 0) is 55.9 Å². The van der Waals surface area contributed by atoms with E-state index in [1.165, 1.54) is 7.11 Å². The molecule has 1 aromatic carbocycles. The summed E-state index contributed by atoms with van der Waals surface area (Å²) < 4.78 is 22.5. The molecule has 0 saturated heterocycles. The first-order valence-electron chi connectivity index (χ1n) is 11.9. The summed E-state index contributed by atoms with van der Waals surface area (Å²) in [6, 6.07) is 5.43. The van der Waals surface area contributed by atoms with Crippen LogP contribution in [0.5, 0.6) is 5.88 Å². The van der Waals surface area contributed by atoms with Crippen molar-refractivity contribution in [2.75, 3.05) is 7.11 Å². The molecule has 0 amide bonds. The van der Waals surface area contributed by atoms with Crippen LogP contribution in [0.3, 0.4) is 0 Å². The van der Waals surface area contributed by atoms with E-state index in [1.807, 2.05) is 24.7 Å². The molecule has 0 radical (unpaired) electrons. The fourth-order valence-corrected chi connectivity index (χ4v) is 4.72. The van der Waals surface area contributed by atoms with Gasteiger partial charge in [-0.25, -0.2) is 19.7 Å². The third-order valence-corrected chi connectivity index (χ3v) is 6.71. The van der Waals surface area contributed by atoms with E-state index in [4.69, 9.17) is 9.72 Å². The van der Waals surface area contributed by atoms with Crippen LogP contribution in [0.15, 0.2) is 43.0 Å². The Morgan fingerprint density at radius 2 is 2.14 bits per heavy atom. The highest BCUT2D eigenvalue weighted by molar-refractivity contribution is 5.93. The number of ether oxygens (including phenoxy) is 1. The number of hydrogen-bond acceptors (Lipinski definition) is 7. The maximum Gasteiger partial charge on any atom is 0.337 e. The van der Waals surface area contributed by atoms with E-state index in [0.29, 0.717) is 23.9 Å². The Morgan fingerprint density at radius 3 is 2.86 bits per heavy atom. The number of carbonyl (C=O) groups is 1. The van der Waals surface area contributed by atoms with Gasteiger partial charge in [-0.1, -0.05) is 6.08 Å². The Kier molecular flexibility index (Phi) is 6.49. The average Bonchev–Trinajstić information content (AvgIpc) is 3.49. The second kappa shape index (κ2) is 9.88. The van der Waals surface area contributed by atoms with Crippen molar-refractivity contribution in [3.63, 3.8) is 0 Å². The minimum atomic E-state index is -0.827.